The smallest absolute Gasteiger partial charge is 0.234 e. The average Bonchev–Trinajstić information content (AvgIpc) is 2.72. The fraction of sp³-hybridized carbons (Fsp3) is 0.278. The predicted octanol–water partition coefficient (Wildman–Crippen LogP) is 3.69. The second-order valence-corrected chi connectivity index (χ2v) is 5.39. The highest BCUT2D eigenvalue weighted by Crippen LogP contribution is 2.38. The van der Waals surface area contributed by atoms with Gasteiger partial charge in [-0.15, -0.1) is 0 Å². The van der Waals surface area contributed by atoms with E-state index in [0.29, 0.717) is 0 Å². The van der Waals surface area contributed by atoms with Gasteiger partial charge in [0.1, 0.15) is 0 Å². The summed E-state index contributed by atoms with van der Waals surface area (Å²) in [7, 11) is 0. The van der Waals surface area contributed by atoms with Crippen molar-refractivity contribution in [3.05, 3.63) is 65.2 Å². The Labute approximate surface area is 120 Å². The van der Waals surface area contributed by atoms with Crippen molar-refractivity contribution in [1.82, 2.24) is 0 Å². The van der Waals surface area contributed by atoms with Crippen molar-refractivity contribution in [2.24, 2.45) is 0 Å². The number of aryl methyl sites for hydroxylation is 1. The Balaban J connectivity index is 1.96. The molecule has 0 fully saturated rings. The molecule has 2 aromatic rings. The summed E-state index contributed by atoms with van der Waals surface area (Å²) in [5.41, 5.74) is 4.73. The lowest BCUT2D eigenvalue weighted by Gasteiger charge is -2.15. The summed E-state index contributed by atoms with van der Waals surface area (Å²) in [6.07, 6.45) is 0.786. The first-order valence-electron chi connectivity index (χ1n) is 7.16. The summed E-state index contributed by atoms with van der Waals surface area (Å²) >= 11 is 0. The van der Waals surface area contributed by atoms with Gasteiger partial charge in [-0.3, -0.25) is 4.79 Å². The molecule has 1 amide bonds. The van der Waals surface area contributed by atoms with Crippen LogP contribution in [-0.2, 0) is 11.2 Å². The largest absolute Gasteiger partial charge is 0.312 e. The molecular weight excluding hydrogens is 246 g/mol. The molecule has 0 aliphatic carbocycles. The van der Waals surface area contributed by atoms with E-state index < -0.39 is 0 Å². The molecule has 1 atom stereocenters. The number of likely N-dealkylation sites (N-methyl/N-ethyl adjacent to an activating group) is 1. The van der Waals surface area contributed by atoms with E-state index in [9.17, 15) is 4.79 Å². The van der Waals surface area contributed by atoms with E-state index in [0.717, 1.165) is 18.7 Å². The Morgan fingerprint density at radius 2 is 1.90 bits per heavy atom. The number of fused-ring (bicyclic) bond motifs is 1. The zero-order valence-corrected chi connectivity index (χ0v) is 12.0. The van der Waals surface area contributed by atoms with Crippen LogP contribution in [0.4, 0.5) is 5.69 Å². The lowest BCUT2D eigenvalue weighted by Crippen LogP contribution is -2.29. The fourth-order valence-corrected chi connectivity index (χ4v) is 3.07. The number of rotatable bonds is 3. The molecule has 102 valence electrons. The molecule has 2 heteroatoms. The number of anilines is 1. The molecule has 1 aliphatic heterocycles. The molecule has 1 aliphatic rings. The first kappa shape index (κ1) is 12.9. The summed E-state index contributed by atoms with van der Waals surface area (Å²) in [6.45, 7) is 4.86. The third-order valence-electron chi connectivity index (χ3n) is 4.01. The van der Waals surface area contributed by atoms with Crippen LogP contribution in [0.3, 0.4) is 0 Å². The minimum absolute atomic E-state index is 0.0343. The first-order chi connectivity index (χ1) is 9.70. The van der Waals surface area contributed by atoms with Gasteiger partial charge in [-0.25, -0.2) is 0 Å². The van der Waals surface area contributed by atoms with Crippen LogP contribution in [0.25, 0.3) is 0 Å². The highest BCUT2D eigenvalue weighted by atomic mass is 16.2. The maximum atomic E-state index is 12.6. The van der Waals surface area contributed by atoms with Crippen molar-refractivity contribution in [2.75, 3.05) is 11.4 Å². The fourth-order valence-electron chi connectivity index (χ4n) is 3.07. The molecule has 0 spiro atoms. The summed E-state index contributed by atoms with van der Waals surface area (Å²) in [5, 5.41) is 0. The van der Waals surface area contributed by atoms with Crippen LogP contribution in [0.15, 0.2) is 48.5 Å². The number of hydrogen-bond donors (Lipinski definition) is 0. The monoisotopic (exact) mass is 265 g/mol. The number of amides is 1. The molecule has 0 radical (unpaired) electrons. The van der Waals surface area contributed by atoms with Gasteiger partial charge in [-0.2, -0.15) is 0 Å². The maximum Gasteiger partial charge on any atom is 0.234 e. The summed E-state index contributed by atoms with van der Waals surface area (Å²) in [6, 6.07) is 16.6. The summed E-state index contributed by atoms with van der Waals surface area (Å²) < 4.78 is 0. The zero-order valence-electron chi connectivity index (χ0n) is 12.0. The van der Waals surface area contributed by atoms with Crippen LogP contribution < -0.4 is 4.90 Å². The summed E-state index contributed by atoms with van der Waals surface area (Å²) in [5.74, 6) is 0.197. The Kier molecular flexibility index (Phi) is 3.31. The van der Waals surface area contributed by atoms with Gasteiger partial charge in [0.15, 0.2) is 0 Å². The molecule has 2 aromatic carbocycles. The highest BCUT2D eigenvalue weighted by Gasteiger charge is 2.35. The van der Waals surface area contributed by atoms with Gasteiger partial charge < -0.3 is 4.90 Å². The molecule has 0 N–H and O–H groups in total. The molecular formula is C18H19NO. The van der Waals surface area contributed by atoms with E-state index in [2.05, 4.69) is 37.3 Å². The number of benzene rings is 2. The predicted molar refractivity (Wildman–Crippen MR) is 82.1 cm³/mol. The number of carbonyl (C=O) groups excluding carboxylic acids is 1. The van der Waals surface area contributed by atoms with Crippen molar-refractivity contribution in [3.63, 3.8) is 0 Å². The van der Waals surface area contributed by atoms with Crippen molar-refractivity contribution in [1.29, 1.82) is 0 Å². The van der Waals surface area contributed by atoms with E-state index in [-0.39, 0.29) is 11.8 Å². The molecule has 2 nitrogen and oxygen atoms in total. The molecule has 3 rings (SSSR count). The standard InChI is InChI=1S/C18H19NO/c1-3-19-17-10-5-4-9-15(17)16(18(19)20)12-14-8-6-7-13(2)11-14/h4-11,16H,3,12H2,1-2H3/t16-/m0/s1. The van der Waals surface area contributed by atoms with E-state index in [4.69, 9.17) is 0 Å². The van der Waals surface area contributed by atoms with Gasteiger partial charge in [-0.05, 0) is 37.5 Å². The molecule has 0 saturated carbocycles. The van der Waals surface area contributed by atoms with Gasteiger partial charge in [0.25, 0.3) is 0 Å². The van der Waals surface area contributed by atoms with Gasteiger partial charge in [0.05, 0.1) is 5.92 Å². The summed E-state index contributed by atoms with van der Waals surface area (Å²) in [4.78, 5) is 14.5. The van der Waals surface area contributed by atoms with E-state index in [1.54, 1.807) is 0 Å². The minimum atomic E-state index is -0.0343. The van der Waals surface area contributed by atoms with Gasteiger partial charge in [-0.1, -0.05) is 48.0 Å². The Morgan fingerprint density at radius 3 is 2.65 bits per heavy atom. The van der Waals surface area contributed by atoms with Crippen LogP contribution in [-0.4, -0.2) is 12.5 Å². The third-order valence-corrected chi connectivity index (χ3v) is 4.01. The van der Waals surface area contributed by atoms with Crippen LogP contribution in [0, 0.1) is 6.92 Å². The topological polar surface area (TPSA) is 20.3 Å². The SMILES string of the molecule is CCN1C(=O)[C@@H](Cc2cccc(C)c2)c2ccccc21. The second kappa shape index (κ2) is 5.12. The van der Waals surface area contributed by atoms with E-state index >= 15 is 0 Å². The van der Waals surface area contributed by atoms with Gasteiger partial charge in [0, 0.05) is 12.2 Å². The third kappa shape index (κ3) is 2.11. The van der Waals surface area contributed by atoms with E-state index in [1.165, 1.54) is 16.7 Å². The first-order valence-corrected chi connectivity index (χ1v) is 7.16. The van der Waals surface area contributed by atoms with Crippen molar-refractivity contribution in [3.8, 4) is 0 Å². The Morgan fingerprint density at radius 1 is 1.10 bits per heavy atom. The molecule has 0 unspecified atom stereocenters. The minimum Gasteiger partial charge on any atom is -0.312 e. The highest BCUT2D eigenvalue weighted by molar-refractivity contribution is 6.05. The van der Waals surface area contributed by atoms with Gasteiger partial charge in [0.2, 0.25) is 5.91 Å². The van der Waals surface area contributed by atoms with Crippen LogP contribution >= 0.6 is 0 Å². The Bertz CT molecular complexity index is 647. The van der Waals surface area contributed by atoms with Crippen molar-refractivity contribution >= 4 is 11.6 Å². The van der Waals surface area contributed by atoms with Gasteiger partial charge >= 0.3 is 0 Å². The molecule has 0 saturated heterocycles. The molecule has 0 aromatic heterocycles. The second-order valence-electron chi connectivity index (χ2n) is 5.39. The molecule has 1 heterocycles. The normalized spacial score (nSPS) is 17.4. The molecule has 0 bridgehead atoms. The van der Waals surface area contributed by atoms with Crippen LogP contribution in [0.5, 0.6) is 0 Å². The number of nitrogens with zero attached hydrogens (tertiary/aromatic N) is 1. The van der Waals surface area contributed by atoms with Crippen LogP contribution in [0.2, 0.25) is 0 Å². The van der Waals surface area contributed by atoms with Crippen molar-refractivity contribution < 1.29 is 4.79 Å². The zero-order chi connectivity index (χ0) is 14.1. The lowest BCUT2D eigenvalue weighted by molar-refractivity contribution is -0.119. The number of para-hydroxylation sites is 1. The number of hydrogen-bond acceptors (Lipinski definition) is 1. The van der Waals surface area contributed by atoms with E-state index in [1.807, 2.05) is 30.0 Å². The number of carbonyl (C=O) groups is 1. The quantitative estimate of drug-likeness (QED) is 0.829. The molecule has 20 heavy (non-hydrogen) atoms. The van der Waals surface area contributed by atoms with Crippen LogP contribution in [0.1, 0.15) is 29.5 Å². The maximum absolute atomic E-state index is 12.6. The lowest BCUT2D eigenvalue weighted by atomic mass is 9.93. The van der Waals surface area contributed by atoms with Crippen molar-refractivity contribution in [2.45, 2.75) is 26.2 Å². The average molecular weight is 265 g/mol. The Hall–Kier alpha value is -2.09.